The van der Waals surface area contributed by atoms with Gasteiger partial charge in [-0.25, -0.2) is 4.79 Å². The van der Waals surface area contributed by atoms with Crippen LogP contribution in [0.15, 0.2) is 42.5 Å². The zero-order valence-electron chi connectivity index (χ0n) is 14.6. The molecule has 4 nitrogen and oxygen atoms in total. The fourth-order valence-electron chi connectivity index (χ4n) is 3.47. The third-order valence-electron chi connectivity index (χ3n) is 4.87. The van der Waals surface area contributed by atoms with Gasteiger partial charge in [0.1, 0.15) is 6.10 Å². The van der Waals surface area contributed by atoms with Crippen LogP contribution >= 0.6 is 0 Å². The van der Waals surface area contributed by atoms with Crippen LogP contribution in [0.3, 0.4) is 0 Å². The lowest BCUT2D eigenvalue weighted by Crippen LogP contribution is -2.24. The minimum atomic E-state index is -4.32. The molecule has 0 unspecified atom stereocenters. The van der Waals surface area contributed by atoms with Crippen molar-refractivity contribution in [2.24, 2.45) is 0 Å². The highest BCUT2D eigenvalue weighted by Crippen LogP contribution is 2.36. The van der Waals surface area contributed by atoms with Gasteiger partial charge >= 0.3 is 12.1 Å². The van der Waals surface area contributed by atoms with Crippen molar-refractivity contribution in [3.8, 4) is 0 Å². The molecule has 1 saturated carbocycles. The quantitative estimate of drug-likeness (QED) is 0.597. The SMILES string of the molecule is Nc1cc(N)cc(C(=O)OC2CCC(c3ccc(C(F)(F)F)cc3)CC2)c1. The molecule has 7 heteroatoms. The minimum absolute atomic E-state index is 0.172. The van der Waals surface area contributed by atoms with Gasteiger partial charge < -0.3 is 16.2 Å². The molecule has 4 N–H and O–H groups in total. The number of hydrogen-bond donors (Lipinski definition) is 2. The largest absolute Gasteiger partial charge is 0.459 e. The Labute approximate surface area is 155 Å². The number of benzene rings is 2. The molecule has 1 aliphatic rings. The van der Waals surface area contributed by atoms with E-state index in [-0.39, 0.29) is 12.0 Å². The highest BCUT2D eigenvalue weighted by atomic mass is 19.4. The summed E-state index contributed by atoms with van der Waals surface area (Å²) < 4.78 is 43.5. The lowest BCUT2D eigenvalue weighted by atomic mass is 9.82. The van der Waals surface area contributed by atoms with E-state index in [1.165, 1.54) is 24.3 Å². The van der Waals surface area contributed by atoms with Crippen LogP contribution in [-0.2, 0) is 10.9 Å². The second-order valence-electron chi connectivity index (χ2n) is 6.89. The Morgan fingerprint density at radius 1 is 0.926 bits per heavy atom. The van der Waals surface area contributed by atoms with E-state index in [4.69, 9.17) is 16.2 Å². The monoisotopic (exact) mass is 378 g/mol. The number of carbonyl (C=O) groups is 1. The molecule has 2 aromatic rings. The van der Waals surface area contributed by atoms with Crippen molar-refractivity contribution in [3.63, 3.8) is 0 Å². The number of esters is 1. The average Bonchev–Trinajstić information content (AvgIpc) is 2.61. The summed E-state index contributed by atoms with van der Waals surface area (Å²) in [7, 11) is 0. The Kier molecular flexibility index (Phi) is 5.30. The van der Waals surface area contributed by atoms with Crippen LogP contribution in [0.2, 0.25) is 0 Å². The third-order valence-corrected chi connectivity index (χ3v) is 4.87. The number of anilines is 2. The number of ether oxygens (including phenoxy) is 1. The van der Waals surface area contributed by atoms with E-state index in [1.807, 2.05) is 0 Å². The van der Waals surface area contributed by atoms with Crippen LogP contribution < -0.4 is 11.5 Å². The van der Waals surface area contributed by atoms with Gasteiger partial charge in [0.2, 0.25) is 0 Å². The Hall–Kier alpha value is -2.70. The van der Waals surface area contributed by atoms with Gasteiger partial charge in [-0.1, -0.05) is 12.1 Å². The molecule has 0 saturated heterocycles. The number of rotatable bonds is 3. The number of halogens is 3. The standard InChI is InChI=1S/C20H21F3N2O2/c21-20(22,23)15-5-1-12(2-6-15)13-3-7-18(8-4-13)27-19(26)14-9-16(24)11-17(25)10-14/h1-2,5-6,9-11,13,18H,3-4,7-8,24-25H2. The zero-order valence-corrected chi connectivity index (χ0v) is 14.6. The van der Waals surface area contributed by atoms with Crippen LogP contribution in [0, 0.1) is 0 Å². The lowest BCUT2D eigenvalue weighted by Gasteiger charge is -2.28. The topological polar surface area (TPSA) is 78.3 Å². The Bertz CT molecular complexity index is 791. The van der Waals surface area contributed by atoms with Crippen LogP contribution in [0.25, 0.3) is 0 Å². The van der Waals surface area contributed by atoms with Gasteiger partial charge in [0.05, 0.1) is 11.1 Å². The molecule has 0 bridgehead atoms. The predicted molar refractivity (Wildman–Crippen MR) is 97.1 cm³/mol. The van der Waals surface area contributed by atoms with Crippen LogP contribution in [0.1, 0.15) is 53.1 Å². The average molecular weight is 378 g/mol. The summed E-state index contributed by atoms with van der Waals surface area (Å²) >= 11 is 0. The van der Waals surface area contributed by atoms with Gasteiger partial charge in [-0.3, -0.25) is 0 Å². The Balaban J connectivity index is 1.56. The van der Waals surface area contributed by atoms with Crippen LogP contribution in [-0.4, -0.2) is 12.1 Å². The summed E-state index contributed by atoms with van der Waals surface area (Å²) in [5.74, 6) is -0.294. The van der Waals surface area contributed by atoms with E-state index >= 15 is 0 Å². The van der Waals surface area contributed by atoms with E-state index in [1.54, 1.807) is 6.07 Å². The van der Waals surface area contributed by atoms with Crippen molar-refractivity contribution in [2.45, 2.75) is 43.9 Å². The summed E-state index contributed by atoms with van der Waals surface area (Å²) in [5.41, 5.74) is 12.7. The van der Waals surface area contributed by atoms with E-state index < -0.39 is 17.7 Å². The van der Waals surface area contributed by atoms with E-state index in [0.717, 1.165) is 30.5 Å². The number of nitrogens with two attached hydrogens (primary N) is 2. The summed E-state index contributed by atoms with van der Waals surface area (Å²) in [4.78, 5) is 12.3. The molecular formula is C20H21F3N2O2. The molecule has 1 aliphatic carbocycles. The van der Waals surface area contributed by atoms with Crippen molar-refractivity contribution < 1.29 is 22.7 Å². The summed E-state index contributed by atoms with van der Waals surface area (Å²) in [6.07, 6.45) is -1.71. The number of hydrogen-bond acceptors (Lipinski definition) is 4. The molecular weight excluding hydrogens is 357 g/mol. The van der Waals surface area contributed by atoms with Gasteiger partial charge in [-0.05, 0) is 67.5 Å². The van der Waals surface area contributed by atoms with Crippen molar-refractivity contribution in [1.29, 1.82) is 0 Å². The van der Waals surface area contributed by atoms with Crippen molar-refractivity contribution in [2.75, 3.05) is 11.5 Å². The van der Waals surface area contributed by atoms with Crippen molar-refractivity contribution >= 4 is 17.3 Å². The Morgan fingerprint density at radius 2 is 1.48 bits per heavy atom. The molecule has 27 heavy (non-hydrogen) atoms. The van der Waals surface area contributed by atoms with Crippen LogP contribution in [0.5, 0.6) is 0 Å². The molecule has 0 aliphatic heterocycles. The first-order valence-electron chi connectivity index (χ1n) is 8.76. The maximum absolute atomic E-state index is 12.7. The van der Waals surface area contributed by atoms with E-state index in [2.05, 4.69) is 0 Å². The first-order valence-corrected chi connectivity index (χ1v) is 8.76. The summed E-state index contributed by atoms with van der Waals surface area (Å²) in [5, 5.41) is 0. The molecule has 0 spiro atoms. The first-order chi connectivity index (χ1) is 12.7. The maximum Gasteiger partial charge on any atom is 0.416 e. The van der Waals surface area contributed by atoms with E-state index in [9.17, 15) is 18.0 Å². The number of alkyl halides is 3. The van der Waals surface area contributed by atoms with Gasteiger partial charge in [0.25, 0.3) is 0 Å². The van der Waals surface area contributed by atoms with Crippen molar-refractivity contribution in [3.05, 3.63) is 59.2 Å². The number of carbonyl (C=O) groups excluding carboxylic acids is 1. The second kappa shape index (κ2) is 7.50. The first kappa shape index (κ1) is 19.1. The molecule has 0 amide bonds. The van der Waals surface area contributed by atoms with Crippen LogP contribution in [0.4, 0.5) is 24.5 Å². The summed E-state index contributed by atoms with van der Waals surface area (Å²) in [6.45, 7) is 0. The fourth-order valence-corrected chi connectivity index (χ4v) is 3.47. The fraction of sp³-hybridized carbons (Fsp3) is 0.350. The smallest absolute Gasteiger partial charge is 0.416 e. The molecule has 2 aromatic carbocycles. The van der Waals surface area contributed by atoms with Gasteiger partial charge in [-0.2, -0.15) is 13.2 Å². The molecule has 3 rings (SSSR count). The van der Waals surface area contributed by atoms with E-state index in [0.29, 0.717) is 29.8 Å². The highest BCUT2D eigenvalue weighted by Gasteiger charge is 2.31. The minimum Gasteiger partial charge on any atom is -0.459 e. The maximum atomic E-state index is 12.7. The molecule has 1 fully saturated rings. The van der Waals surface area contributed by atoms with Gasteiger partial charge in [-0.15, -0.1) is 0 Å². The van der Waals surface area contributed by atoms with Gasteiger partial charge in [0, 0.05) is 11.4 Å². The molecule has 0 heterocycles. The highest BCUT2D eigenvalue weighted by molar-refractivity contribution is 5.91. The normalized spacial score (nSPS) is 20.3. The van der Waals surface area contributed by atoms with Gasteiger partial charge in [0.15, 0.2) is 0 Å². The Morgan fingerprint density at radius 3 is 2.00 bits per heavy atom. The predicted octanol–water partition coefficient (Wildman–Crippen LogP) is 4.75. The molecule has 0 atom stereocenters. The zero-order chi connectivity index (χ0) is 19.6. The summed E-state index contributed by atoms with van der Waals surface area (Å²) in [6, 6.07) is 9.91. The molecule has 0 radical (unpaired) electrons. The van der Waals surface area contributed by atoms with Crippen molar-refractivity contribution in [1.82, 2.24) is 0 Å². The molecule has 0 aromatic heterocycles. The molecule has 144 valence electrons. The lowest BCUT2D eigenvalue weighted by molar-refractivity contribution is -0.137. The third kappa shape index (κ3) is 4.72. The number of nitrogen functional groups attached to an aromatic ring is 2. The second-order valence-corrected chi connectivity index (χ2v) is 6.89.